The monoisotopic (exact) mass is 334 g/mol. The highest BCUT2D eigenvalue weighted by Crippen LogP contribution is 2.01. The minimum absolute atomic E-state index is 0.0723. The van der Waals surface area contributed by atoms with Gasteiger partial charge in [0.15, 0.2) is 0 Å². The van der Waals surface area contributed by atoms with Gasteiger partial charge in [0.1, 0.15) is 25.9 Å². The highest BCUT2D eigenvalue weighted by atomic mass is 32.2. The summed E-state index contributed by atoms with van der Waals surface area (Å²) in [4.78, 5) is 33.4. The van der Waals surface area contributed by atoms with Crippen LogP contribution in [-0.2, 0) is 28.6 Å². The molecule has 0 aromatic carbocycles. The molecular weight excluding hydrogens is 312 g/mol. The Kier molecular flexibility index (Phi) is 12.2. The van der Waals surface area contributed by atoms with Crippen LogP contribution in [-0.4, -0.2) is 60.4 Å². The van der Waals surface area contributed by atoms with Crippen molar-refractivity contribution in [3.63, 3.8) is 0 Å². The van der Waals surface area contributed by atoms with E-state index in [9.17, 15) is 19.5 Å². The molecule has 0 aromatic rings. The highest BCUT2D eigenvalue weighted by Gasteiger charge is 2.13. The number of thioether (sulfide) groups is 1. The summed E-state index contributed by atoms with van der Waals surface area (Å²) in [6.07, 6.45) is -0.356. The topological polar surface area (TPSA) is 99.1 Å². The Hall–Kier alpha value is -1.54. The summed E-state index contributed by atoms with van der Waals surface area (Å²) in [6, 6.07) is 0. The lowest BCUT2D eigenvalue weighted by molar-refractivity contribution is -0.153. The van der Waals surface area contributed by atoms with Crippen LogP contribution in [0, 0.1) is 0 Å². The van der Waals surface area contributed by atoms with E-state index in [2.05, 4.69) is 11.3 Å². The maximum absolute atomic E-state index is 11.4. The van der Waals surface area contributed by atoms with E-state index in [0.29, 0.717) is 6.61 Å². The van der Waals surface area contributed by atoms with E-state index in [0.717, 1.165) is 17.6 Å². The van der Waals surface area contributed by atoms with Gasteiger partial charge in [-0.05, 0) is 5.75 Å². The molecule has 0 fully saturated rings. The summed E-state index contributed by atoms with van der Waals surface area (Å²) >= 11 is 1.66. The van der Waals surface area contributed by atoms with Gasteiger partial charge >= 0.3 is 17.9 Å². The molecule has 7 nitrogen and oxygen atoms in total. The number of carbonyl (C=O) groups is 3. The molecule has 8 heteroatoms. The van der Waals surface area contributed by atoms with Crippen molar-refractivity contribution < 1.29 is 33.7 Å². The normalized spacial score (nSPS) is 11.4. The summed E-state index contributed by atoms with van der Waals surface area (Å²) in [5.41, 5.74) is 0. The Balaban J connectivity index is 3.65. The molecule has 0 heterocycles. The number of esters is 3. The molecule has 0 radical (unpaired) electrons. The third kappa shape index (κ3) is 12.2. The Morgan fingerprint density at radius 3 is 2.32 bits per heavy atom. The first-order chi connectivity index (χ1) is 10.5. The van der Waals surface area contributed by atoms with Crippen LogP contribution in [0.15, 0.2) is 12.7 Å². The maximum atomic E-state index is 11.4. The van der Waals surface area contributed by atoms with E-state index in [1.54, 1.807) is 11.8 Å². The van der Waals surface area contributed by atoms with Crippen molar-refractivity contribution in [1.29, 1.82) is 0 Å². The molecule has 0 saturated heterocycles. The molecular formula is C14H22O7S. The van der Waals surface area contributed by atoms with Gasteiger partial charge in [0.05, 0.1) is 12.8 Å². The molecule has 0 bridgehead atoms. The van der Waals surface area contributed by atoms with Crippen molar-refractivity contribution in [3.05, 3.63) is 12.7 Å². The van der Waals surface area contributed by atoms with Crippen molar-refractivity contribution in [1.82, 2.24) is 0 Å². The third-order valence-electron chi connectivity index (χ3n) is 2.25. The molecule has 1 unspecified atom stereocenters. The predicted molar refractivity (Wildman–Crippen MR) is 81.3 cm³/mol. The lowest BCUT2D eigenvalue weighted by Gasteiger charge is -2.11. The second-order valence-corrected chi connectivity index (χ2v) is 5.48. The van der Waals surface area contributed by atoms with Gasteiger partial charge in [-0.3, -0.25) is 9.59 Å². The molecule has 0 aliphatic rings. The zero-order chi connectivity index (χ0) is 16.8. The smallest absolute Gasteiger partial charge is 0.330 e. The first-order valence-corrected chi connectivity index (χ1v) is 8.01. The predicted octanol–water partition coefficient (Wildman–Crippen LogP) is 0.696. The molecule has 1 N–H and O–H groups in total. The molecule has 22 heavy (non-hydrogen) atoms. The molecule has 0 aliphatic carbocycles. The van der Waals surface area contributed by atoms with Gasteiger partial charge in [0.2, 0.25) is 0 Å². The van der Waals surface area contributed by atoms with Crippen molar-refractivity contribution in [2.75, 3.05) is 31.3 Å². The van der Waals surface area contributed by atoms with E-state index in [-0.39, 0.29) is 26.1 Å². The summed E-state index contributed by atoms with van der Waals surface area (Å²) < 4.78 is 14.2. The highest BCUT2D eigenvalue weighted by molar-refractivity contribution is 7.99. The minimum atomic E-state index is -1.12. The summed E-state index contributed by atoms with van der Waals surface area (Å²) in [5, 5.41) is 9.40. The fourth-order valence-electron chi connectivity index (χ4n) is 1.18. The average Bonchev–Trinajstić information content (AvgIpc) is 2.52. The fourth-order valence-corrected chi connectivity index (χ4v) is 1.67. The van der Waals surface area contributed by atoms with Crippen LogP contribution in [0.3, 0.4) is 0 Å². The molecule has 0 aliphatic heterocycles. The Morgan fingerprint density at radius 1 is 1.14 bits per heavy atom. The van der Waals surface area contributed by atoms with Gasteiger partial charge < -0.3 is 19.3 Å². The van der Waals surface area contributed by atoms with Crippen molar-refractivity contribution in [2.45, 2.75) is 25.9 Å². The summed E-state index contributed by atoms with van der Waals surface area (Å²) in [7, 11) is 0. The fraction of sp³-hybridized carbons (Fsp3) is 0.643. The van der Waals surface area contributed by atoms with Crippen LogP contribution < -0.4 is 0 Å². The van der Waals surface area contributed by atoms with Crippen LogP contribution in [0.25, 0.3) is 0 Å². The maximum Gasteiger partial charge on any atom is 0.330 e. The van der Waals surface area contributed by atoms with Crippen LogP contribution in [0.4, 0.5) is 0 Å². The van der Waals surface area contributed by atoms with E-state index in [4.69, 9.17) is 9.47 Å². The van der Waals surface area contributed by atoms with E-state index >= 15 is 0 Å². The van der Waals surface area contributed by atoms with E-state index < -0.39 is 24.0 Å². The number of ether oxygens (including phenoxy) is 3. The number of aliphatic hydroxyl groups is 1. The Bertz CT molecular complexity index is 370. The second-order valence-electron chi connectivity index (χ2n) is 4.09. The number of carbonyl (C=O) groups excluding carboxylic acids is 3. The van der Waals surface area contributed by atoms with E-state index in [1.165, 1.54) is 0 Å². The van der Waals surface area contributed by atoms with Crippen LogP contribution in [0.1, 0.15) is 19.8 Å². The van der Waals surface area contributed by atoms with Crippen molar-refractivity contribution in [3.8, 4) is 0 Å². The number of aliphatic hydroxyl groups excluding tert-OH is 1. The van der Waals surface area contributed by atoms with Crippen LogP contribution in [0.5, 0.6) is 0 Å². The van der Waals surface area contributed by atoms with Crippen LogP contribution >= 0.6 is 11.8 Å². The SMILES string of the molecule is C=CC(=O)OCC(O)COC(=O)CCC(=O)OCCSCC. The molecule has 126 valence electrons. The van der Waals surface area contributed by atoms with Crippen LogP contribution in [0.2, 0.25) is 0 Å². The quantitative estimate of drug-likeness (QED) is 0.241. The Morgan fingerprint density at radius 2 is 1.73 bits per heavy atom. The average molecular weight is 334 g/mol. The molecule has 0 rings (SSSR count). The lowest BCUT2D eigenvalue weighted by Crippen LogP contribution is -2.25. The molecule has 0 aromatic heterocycles. The van der Waals surface area contributed by atoms with Crippen molar-refractivity contribution >= 4 is 29.7 Å². The first-order valence-electron chi connectivity index (χ1n) is 6.85. The second kappa shape index (κ2) is 13.1. The van der Waals surface area contributed by atoms with Gasteiger partial charge in [-0.2, -0.15) is 11.8 Å². The van der Waals surface area contributed by atoms with Gasteiger partial charge in [0, 0.05) is 11.8 Å². The largest absolute Gasteiger partial charge is 0.465 e. The molecule has 0 amide bonds. The van der Waals surface area contributed by atoms with Crippen molar-refractivity contribution in [2.24, 2.45) is 0 Å². The van der Waals surface area contributed by atoms with Gasteiger partial charge in [-0.15, -0.1) is 0 Å². The molecule has 0 saturated carbocycles. The van der Waals surface area contributed by atoms with E-state index in [1.807, 2.05) is 6.92 Å². The zero-order valence-electron chi connectivity index (χ0n) is 12.6. The minimum Gasteiger partial charge on any atom is -0.465 e. The van der Waals surface area contributed by atoms with Gasteiger partial charge in [-0.25, -0.2) is 4.79 Å². The Labute approximate surface area is 134 Å². The lowest BCUT2D eigenvalue weighted by atomic mass is 10.3. The van der Waals surface area contributed by atoms with Gasteiger partial charge in [0.25, 0.3) is 0 Å². The zero-order valence-corrected chi connectivity index (χ0v) is 13.4. The number of hydrogen-bond acceptors (Lipinski definition) is 8. The number of rotatable bonds is 12. The summed E-state index contributed by atoms with van der Waals surface area (Å²) in [5.74, 6) is -0.0890. The number of hydrogen-bond donors (Lipinski definition) is 1. The summed E-state index contributed by atoms with van der Waals surface area (Å²) in [6.45, 7) is 4.92. The standard InChI is InChI=1S/C14H22O7S/c1-3-12(16)20-9-11(15)10-21-14(18)6-5-13(17)19-7-8-22-4-2/h3,11,15H,1,4-10H2,2H3. The molecule has 1 atom stereocenters. The molecule has 0 spiro atoms. The first kappa shape index (κ1) is 20.5. The van der Waals surface area contributed by atoms with Gasteiger partial charge in [-0.1, -0.05) is 13.5 Å². The third-order valence-corrected chi connectivity index (χ3v) is 3.11.